The lowest BCUT2D eigenvalue weighted by atomic mass is 10.1. The number of hydrogen-bond donors (Lipinski definition) is 4. The summed E-state index contributed by atoms with van der Waals surface area (Å²) in [6.07, 6.45) is 4.66. The Morgan fingerprint density at radius 3 is 2.84 bits per heavy atom. The van der Waals surface area contributed by atoms with Crippen LogP contribution in [0.4, 0.5) is 5.69 Å². The Labute approximate surface area is 186 Å². The monoisotopic (exact) mass is 420 g/mol. The molecule has 2 aromatic rings. The number of piperidine rings is 1. The van der Waals surface area contributed by atoms with E-state index >= 15 is 0 Å². The zero-order valence-electron chi connectivity index (χ0n) is 18.8. The first-order valence-electron chi connectivity index (χ1n) is 11.4. The van der Waals surface area contributed by atoms with Crippen LogP contribution < -0.4 is 16.0 Å². The largest absolute Gasteiger partial charge is 0.388 e. The number of nitrogens with zero attached hydrogens (tertiary/aromatic N) is 2. The predicted molar refractivity (Wildman–Crippen MR) is 131 cm³/mol. The van der Waals surface area contributed by atoms with Gasteiger partial charge in [-0.1, -0.05) is 19.7 Å². The van der Waals surface area contributed by atoms with E-state index in [2.05, 4.69) is 74.7 Å². The van der Waals surface area contributed by atoms with Crippen molar-refractivity contribution in [2.75, 3.05) is 38.5 Å². The highest BCUT2D eigenvalue weighted by Crippen LogP contribution is 2.23. The third-order valence-electron chi connectivity index (χ3n) is 6.42. The molecule has 0 radical (unpaired) electrons. The Bertz CT molecular complexity index is 958. The summed E-state index contributed by atoms with van der Waals surface area (Å²) in [6, 6.07) is 8.92. The third kappa shape index (κ3) is 5.19. The Hall–Kier alpha value is -3.02. The van der Waals surface area contributed by atoms with Gasteiger partial charge in [-0.25, -0.2) is 0 Å². The number of nitrogens with one attached hydrogen (secondary N) is 4. The minimum Gasteiger partial charge on any atom is -0.388 e. The van der Waals surface area contributed by atoms with Crippen molar-refractivity contribution in [3.05, 3.63) is 66.9 Å². The second-order valence-corrected chi connectivity index (χ2v) is 8.77. The highest BCUT2D eigenvalue weighted by molar-refractivity contribution is 5.83. The number of aromatic nitrogens is 1. The standard InChI is InChI=1S/C25H36N6/c1-18-7-5-11-30(18)16-19(2)31-12-6-8-23(17-31)28-20(3)27-15-24-14-21-13-22(26-4)9-10-25(21)29-24/h9-10,13-14,23,26-29H,1-3,5-8,11-12,15-17H2,4H3. The molecule has 0 bridgehead atoms. The van der Waals surface area contributed by atoms with Crippen molar-refractivity contribution in [3.8, 4) is 0 Å². The molecule has 4 rings (SSSR count). The van der Waals surface area contributed by atoms with Crippen LogP contribution in [-0.2, 0) is 6.54 Å². The molecule has 0 aliphatic carbocycles. The number of aromatic amines is 1. The van der Waals surface area contributed by atoms with Crippen molar-refractivity contribution in [2.24, 2.45) is 0 Å². The van der Waals surface area contributed by atoms with Crippen LogP contribution in [0.25, 0.3) is 10.9 Å². The molecule has 166 valence electrons. The van der Waals surface area contributed by atoms with E-state index in [9.17, 15) is 0 Å². The fraction of sp³-hybridized carbons (Fsp3) is 0.440. The number of likely N-dealkylation sites (tertiary alicyclic amines) is 2. The van der Waals surface area contributed by atoms with Gasteiger partial charge in [0.1, 0.15) is 0 Å². The zero-order chi connectivity index (χ0) is 21.8. The number of H-pyrrole nitrogens is 1. The molecule has 1 aromatic heterocycles. The molecular formula is C25H36N6. The lowest BCUT2D eigenvalue weighted by Gasteiger charge is -2.38. The third-order valence-corrected chi connectivity index (χ3v) is 6.42. The van der Waals surface area contributed by atoms with Gasteiger partial charge in [-0.15, -0.1) is 0 Å². The van der Waals surface area contributed by atoms with Gasteiger partial charge in [-0.2, -0.15) is 0 Å². The highest BCUT2D eigenvalue weighted by Gasteiger charge is 2.23. The van der Waals surface area contributed by atoms with Crippen LogP contribution in [-0.4, -0.2) is 54.1 Å². The molecule has 2 aliphatic rings. The van der Waals surface area contributed by atoms with E-state index in [0.717, 1.165) is 68.3 Å². The first kappa shape index (κ1) is 21.2. The molecule has 2 saturated heterocycles. The van der Waals surface area contributed by atoms with Crippen LogP contribution >= 0.6 is 0 Å². The topological polar surface area (TPSA) is 58.4 Å². The molecule has 3 heterocycles. The second-order valence-electron chi connectivity index (χ2n) is 8.77. The average molecular weight is 421 g/mol. The molecule has 0 amide bonds. The molecular weight excluding hydrogens is 384 g/mol. The lowest BCUT2D eigenvalue weighted by Crippen LogP contribution is -2.47. The van der Waals surface area contributed by atoms with E-state index in [0.29, 0.717) is 6.04 Å². The summed E-state index contributed by atoms with van der Waals surface area (Å²) in [5.74, 6) is 0.875. The average Bonchev–Trinajstić information content (AvgIpc) is 3.37. The molecule has 6 nitrogen and oxygen atoms in total. The second kappa shape index (κ2) is 9.41. The first-order chi connectivity index (χ1) is 15.0. The van der Waals surface area contributed by atoms with Crippen LogP contribution in [0.2, 0.25) is 0 Å². The quantitative estimate of drug-likeness (QED) is 0.495. The molecule has 0 spiro atoms. The van der Waals surface area contributed by atoms with Crippen molar-refractivity contribution in [1.29, 1.82) is 0 Å². The van der Waals surface area contributed by atoms with E-state index in [1.165, 1.54) is 29.6 Å². The smallest absolute Gasteiger partial charge is 0.0918 e. The van der Waals surface area contributed by atoms with Crippen molar-refractivity contribution in [3.63, 3.8) is 0 Å². The summed E-state index contributed by atoms with van der Waals surface area (Å²) in [5.41, 5.74) is 5.87. The van der Waals surface area contributed by atoms with Crippen molar-refractivity contribution < 1.29 is 0 Å². The van der Waals surface area contributed by atoms with E-state index in [1.54, 1.807) is 0 Å². The van der Waals surface area contributed by atoms with E-state index in [-0.39, 0.29) is 0 Å². The summed E-state index contributed by atoms with van der Waals surface area (Å²) in [4.78, 5) is 8.28. The lowest BCUT2D eigenvalue weighted by molar-refractivity contribution is 0.223. The number of allylic oxidation sites excluding steroid dienone is 1. The van der Waals surface area contributed by atoms with Gasteiger partial charge in [0.2, 0.25) is 0 Å². The molecule has 1 atom stereocenters. The molecule has 31 heavy (non-hydrogen) atoms. The van der Waals surface area contributed by atoms with Gasteiger partial charge in [0.25, 0.3) is 0 Å². The Morgan fingerprint density at radius 2 is 2.06 bits per heavy atom. The molecule has 0 saturated carbocycles. The predicted octanol–water partition coefficient (Wildman–Crippen LogP) is 3.95. The Morgan fingerprint density at radius 1 is 1.19 bits per heavy atom. The maximum absolute atomic E-state index is 4.37. The number of fused-ring (bicyclic) bond motifs is 1. The summed E-state index contributed by atoms with van der Waals surface area (Å²) in [5, 5.41) is 11.4. The number of benzene rings is 1. The van der Waals surface area contributed by atoms with Gasteiger partial charge in [-0.3, -0.25) is 0 Å². The molecule has 6 heteroatoms. The maximum Gasteiger partial charge on any atom is 0.0918 e. The van der Waals surface area contributed by atoms with Gasteiger partial charge < -0.3 is 30.7 Å². The SMILES string of the molecule is C=C(NCc1cc2cc(NC)ccc2[nH]1)NC1CCCN(C(=C)CN2CCCC2=C)C1. The Balaban J connectivity index is 1.25. The van der Waals surface area contributed by atoms with Gasteiger partial charge in [0.15, 0.2) is 0 Å². The fourth-order valence-electron chi connectivity index (χ4n) is 4.63. The Kier molecular flexibility index (Phi) is 6.44. The maximum atomic E-state index is 4.37. The molecule has 2 fully saturated rings. The van der Waals surface area contributed by atoms with Crippen LogP contribution in [0, 0.1) is 0 Å². The number of hydrogen-bond acceptors (Lipinski definition) is 5. The van der Waals surface area contributed by atoms with Gasteiger partial charge in [-0.05, 0) is 49.9 Å². The van der Waals surface area contributed by atoms with Crippen molar-refractivity contribution >= 4 is 16.6 Å². The van der Waals surface area contributed by atoms with Crippen LogP contribution in [0.3, 0.4) is 0 Å². The van der Waals surface area contributed by atoms with Gasteiger partial charge in [0.05, 0.1) is 18.9 Å². The van der Waals surface area contributed by atoms with Crippen LogP contribution in [0.5, 0.6) is 0 Å². The van der Waals surface area contributed by atoms with Crippen molar-refractivity contribution in [2.45, 2.75) is 38.3 Å². The number of anilines is 1. The summed E-state index contributed by atoms with van der Waals surface area (Å²) in [7, 11) is 1.94. The number of rotatable bonds is 9. The molecule has 1 unspecified atom stereocenters. The fourth-order valence-corrected chi connectivity index (χ4v) is 4.63. The van der Waals surface area contributed by atoms with E-state index in [1.807, 2.05) is 7.05 Å². The summed E-state index contributed by atoms with van der Waals surface area (Å²) < 4.78 is 0. The highest BCUT2D eigenvalue weighted by atomic mass is 15.2. The molecule has 2 aliphatic heterocycles. The van der Waals surface area contributed by atoms with Crippen LogP contribution in [0.1, 0.15) is 31.4 Å². The summed E-state index contributed by atoms with van der Waals surface area (Å²) in [6.45, 7) is 17.5. The van der Waals surface area contributed by atoms with Gasteiger partial charge in [0, 0.05) is 66.4 Å². The molecule has 4 N–H and O–H groups in total. The zero-order valence-corrected chi connectivity index (χ0v) is 18.8. The van der Waals surface area contributed by atoms with E-state index in [4.69, 9.17) is 0 Å². The molecule has 1 aromatic carbocycles. The van der Waals surface area contributed by atoms with Crippen molar-refractivity contribution in [1.82, 2.24) is 25.4 Å². The van der Waals surface area contributed by atoms with E-state index < -0.39 is 0 Å². The minimum atomic E-state index is 0.383. The van der Waals surface area contributed by atoms with Gasteiger partial charge >= 0.3 is 0 Å². The minimum absolute atomic E-state index is 0.383. The van der Waals surface area contributed by atoms with Crippen LogP contribution in [0.15, 0.2) is 61.2 Å². The normalized spacial score (nSPS) is 19.0. The first-order valence-corrected chi connectivity index (χ1v) is 11.4. The summed E-state index contributed by atoms with van der Waals surface area (Å²) >= 11 is 0.